The molecule has 0 aliphatic carbocycles. The number of carbonyl (C=O) groups is 1. The second-order valence-corrected chi connectivity index (χ2v) is 5.91. The molecule has 2 aromatic heterocycles. The third-order valence-electron chi connectivity index (χ3n) is 3.26. The number of carboxylic acid groups (broad SMARTS) is 1. The van der Waals surface area contributed by atoms with Gasteiger partial charge >= 0.3 is 5.97 Å². The smallest absolute Gasteiger partial charge is 0.354 e. The van der Waals surface area contributed by atoms with Crippen LogP contribution in [0.25, 0.3) is 16.9 Å². The third-order valence-corrected chi connectivity index (χ3v) is 4.52. The number of rotatable bonds is 2. The lowest BCUT2D eigenvalue weighted by Gasteiger charge is -2.05. The molecule has 3 aromatic rings. The second-order valence-electron chi connectivity index (χ2n) is 4.83. The molecule has 0 saturated carbocycles. The molecule has 0 saturated heterocycles. The van der Waals surface area contributed by atoms with Crippen molar-refractivity contribution in [2.75, 3.05) is 0 Å². The first-order valence-corrected chi connectivity index (χ1v) is 7.41. The molecule has 0 aliphatic heterocycles. The molecule has 0 amide bonds. The highest BCUT2D eigenvalue weighted by Crippen LogP contribution is 2.24. The first kappa shape index (κ1) is 14.0. The van der Waals surface area contributed by atoms with E-state index in [1.165, 1.54) is 4.52 Å². The first-order chi connectivity index (χ1) is 9.97. The van der Waals surface area contributed by atoms with Crippen LogP contribution in [0, 0.1) is 17.4 Å². The largest absolute Gasteiger partial charge is 0.477 e. The molecule has 3 rings (SSSR count). The Balaban J connectivity index is 2.31. The van der Waals surface area contributed by atoms with Crippen LogP contribution in [-0.4, -0.2) is 25.7 Å². The summed E-state index contributed by atoms with van der Waals surface area (Å²) in [7, 11) is 0. The predicted octanol–water partition coefficient (Wildman–Crippen LogP) is 3.32. The van der Waals surface area contributed by atoms with Gasteiger partial charge in [-0.15, -0.1) is 0 Å². The fraction of sp³-hybridized carbons (Fsp3) is 0.133. The average molecular weight is 393 g/mol. The Morgan fingerprint density at radius 2 is 1.90 bits per heavy atom. The Kier molecular flexibility index (Phi) is 3.40. The summed E-state index contributed by atoms with van der Waals surface area (Å²) >= 11 is 2.14. The molecule has 0 aliphatic rings. The number of nitrogens with zero attached hydrogens (tertiary/aromatic N) is 3. The normalized spacial score (nSPS) is 11.0. The van der Waals surface area contributed by atoms with E-state index in [2.05, 4.69) is 32.7 Å². The summed E-state index contributed by atoms with van der Waals surface area (Å²) in [4.78, 5) is 16.1. The summed E-state index contributed by atoms with van der Waals surface area (Å²) in [6.45, 7) is 3.85. The molecule has 0 spiro atoms. The molecular weight excluding hydrogens is 381 g/mol. The molecule has 21 heavy (non-hydrogen) atoms. The topological polar surface area (TPSA) is 67.5 Å². The van der Waals surface area contributed by atoms with Crippen molar-refractivity contribution in [2.45, 2.75) is 13.8 Å². The van der Waals surface area contributed by atoms with Crippen LogP contribution in [0.1, 0.15) is 21.7 Å². The van der Waals surface area contributed by atoms with E-state index < -0.39 is 5.97 Å². The van der Waals surface area contributed by atoms with Gasteiger partial charge in [0.05, 0.1) is 15.0 Å². The van der Waals surface area contributed by atoms with Crippen molar-refractivity contribution in [2.24, 2.45) is 0 Å². The molecule has 1 aromatic carbocycles. The van der Waals surface area contributed by atoms with E-state index in [1.807, 2.05) is 38.1 Å². The van der Waals surface area contributed by atoms with Crippen molar-refractivity contribution in [3.8, 4) is 11.3 Å². The zero-order valence-corrected chi connectivity index (χ0v) is 13.6. The van der Waals surface area contributed by atoms with Gasteiger partial charge < -0.3 is 5.11 Å². The van der Waals surface area contributed by atoms with Gasteiger partial charge in [0.15, 0.2) is 11.3 Å². The van der Waals surface area contributed by atoms with Gasteiger partial charge in [-0.1, -0.05) is 29.8 Å². The van der Waals surface area contributed by atoms with Gasteiger partial charge in [0.25, 0.3) is 0 Å². The van der Waals surface area contributed by atoms with Crippen LogP contribution in [0.2, 0.25) is 0 Å². The molecular formula is C15H12IN3O2. The molecule has 6 heteroatoms. The molecule has 0 bridgehead atoms. The van der Waals surface area contributed by atoms with E-state index in [0.717, 1.165) is 20.4 Å². The average Bonchev–Trinajstić information content (AvgIpc) is 2.74. The number of fused-ring (bicyclic) bond motifs is 1. The van der Waals surface area contributed by atoms with E-state index in [4.69, 9.17) is 0 Å². The number of carboxylic acids is 1. The number of halogens is 1. The summed E-state index contributed by atoms with van der Waals surface area (Å²) in [5, 5.41) is 13.7. The number of benzene rings is 1. The maximum Gasteiger partial charge on any atom is 0.354 e. The monoisotopic (exact) mass is 393 g/mol. The summed E-state index contributed by atoms with van der Waals surface area (Å²) in [6, 6.07) is 9.40. The SMILES string of the molecule is Cc1ccc(-c2cc(C(=O)O)n3nc(C)c(I)c3n2)cc1. The standard InChI is InChI=1S/C15H12IN3O2/c1-8-3-5-10(6-4-8)11-7-12(15(20)21)19-14(17-11)13(16)9(2)18-19/h3-7H,1-2H3,(H,20,21). The highest BCUT2D eigenvalue weighted by Gasteiger charge is 2.17. The van der Waals surface area contributed by atoms with E-state index >= 15 is 0 Å². The van der Waals surface area contributed by atoms with Gasteiger partial charge in [0.1, 0.15) is 0 Å². The Labute approximate surface area is 134 Å². The molecule has 1 N–H and O–H groups in total. The van der Waals surface area contributed by atoms with Crippen molar-refractivity contribution in [1.82, 2.24) is 14.6 Å². The van der Waals surface area contributed by atoms with Gasteiger partial charge in [-0.05, 0) is 42.5 Å². The third kappa shape index (κ3) is 2.39. The van der Waals surface area contributed by atoms with Crippen LogP contribution >= 0.6 is 22.6 Å². The Hall–Kier alpha value is -1.96. The van der Waals surface area contributed by atoms with Gasteiger partial charge in [-0.2, -0.15) is 5.10 Å². The molecule has 0 fully saturated rings. The zero-order chi connectivity index (χ0) is 15.1. The summed E-state index contributed by atoms with van der Waals surface area (Å²) in [5.41, 5.74) is 4.13. The van der Waals surface area contributed by atoms with E-state index in [9.17, 15) is 9.90 Å². The van der Waals surface area contributed by atoms with Crippen molar-refractivity contribution < 1.29 is 9.90 Å². The van der Waals surface area contributed by atoms with Crippen molar-refractivity contribution in [3.05, 3.63) is 50.9 Å². The lowest BCUT2D eigenvalue weighted by atomic mass is 10.1. The van der Waals surface area contributed by atoms with Gasteiger partial charge in [0, 0.05) is 5.56 Å². The minimum Gasteiger partial charge on any atom is -0.477 e. The van der Waals surface area contributed by atoms with Gasteiger partial charge in [0.2, 0.25) is 0 Å². The molecule has 0 radical (unpaired) electrons. The number of aryl methyl sites for hydroxylation is 2. The maximum absolute atomic E-state index is 11.5. The van der Waals surface area contributed by atoms with Crippen molar-refractivity contribution in [3.63, 3.8) is 0 Å². The summed E-state index contributed by atoms with van der Waals surface area (Å²) < 4.78 is 2.25. The second kappa shape index (κ2) is 5.10. The molecule has 106 valence electrons. The zero-order valence-electron chi connectivity index (χ0n) is 11.5. The van der Waals surface area contributed by atoms with E-state index in [1.54, 1.807) is 6.07 Å². The fourth-order valence-electron chi connectivity index (χ4n) is 2.12. The Bertz CT molecular complexity index is 853. The van der Waals surface area contributed by atoms with Crippen LogP contribution in [-0.2, 0) is 0 Å². The molecule has 0 atom stereocenters. The van der Waals surface area contributed by atoms with Gasteiger partial charge in [-0.25, -0.2) is 14.3 Å². The number of aromatic nitrogens is 3. The van der Waals surface area contributed by atoms with E-state index in [-0.39, 0.29) is 5.69 Å². The van der Waals surface area contributed by atoms with Crippen LogP contribution in [0.4, 0.5) is 0 Å². The van der Waals surface area contributed by atoms with Crippen LogP contribution in [0.5, 0.6) is 0 Å². The van der Waals surface area contributed by atoms with Gasteiger partial charge in [-0.3, -0.25) is 0 Å². The minimum atomic E-state index is -1.02. The molecule has 5 nitrogen and oxygen atoms in total. The predicted molar refractivity (Wildman–Crippen MR) is 87.6 cm³/mol. The van der Waals surface area contributed by atoms with E-state index in [0.29, 0.717) is 11.3 Å². The minimum absolute atomic E-state index is 0.113. The first-order valence-electron chi connectivity index (χ1n) is 6.33. The number of aromatic carboxylic acids is 1. The number of hydrogen-bond donors (Lipinski definition) is 1. The van der Waals surface area contributed by atoms with Crippen LogP contribution in [0.3, 0.4) is 0 Å². The molecule has 0 unspecified atom stereocenters. The van der Waals surface area contributed by atoms with Crippen LogP contribution < -0.4 is 0 Å². The molecule has 2 heterocycles. The van der Waals surface area contributed by atoms with Crippen LogP contribution in [0.15, 0.2) is 30.3 Å². The lowest BCUT2D eigenvalue weighted by molar-refractivity contribution is 0.0687. The summed E-state index contributed by atoms with van der Waals surface area (Å²) in [6.07, 6.45) is 0. The van der Waals surface area contributed by atoms with Crippen molar-refractivity contribution >= 4 is 34.2 Å². The van der Waals surface area contributed by atoms with Crippen molar-refractivity contribution in [1.29, 1.82) is 0 Å². The Morgan fingerprint density at radius 1 is 1.24 bits per heavy atom. The maximum atomic E-state index is 11.5. The highest BCUT2D eigenvalue weighted by atomic mass is 127. The number of hydrogen-bond acceptors (Lipinski definition) is 3. The Morgan fingerprint density at radius 3 is 2.52 bits per heavy atom. The lowest BCUT2D eigenvalue weighted by Crippen LogP contribution is -2.08. The fourth-order valence-corrected chi connectivity index (χ4v) is 2.58. The highest BCUT2D eigenvalue weighted by molar-refractivity contribution is 14.1. The summed E-state index contributed by atoms with van der Waals surface area (Å²) in [5.74, 6) is -1.02. The quantitative estimate of drug-likeness (QED) is 0.679.